The van der Waals surface area contributed by atoms with Crippen molar-refractivity contribution in [2.75, 3.05) is 13.7 Å². The molecule has 0 radical (unpaired) electrons. The molecule has 0 aromatic heterocycles. The first kappa shape index (κ1) is 13.9. The fourth-order valence-corrected chi connectivity index (χ4v) is 1.72. The van der Waals surface area contributed by atoms with Crippen LogP contribution >= 0.6 is 0 Å². The molecule has 0 saturated carbocycles. The molecule has 1 aliphatic heterocycles. The molecule has 0 aromatic rings. The Labute approximate surface area is 100 Å². The van der Waals surface area contributed by atoms with Crippen LogP contribution in [0.15, 0.2) is 0 Å². The Morgan fingerprint density at radius 2 is 1.94 bits per heavy atom. The van der Waals surface area contributed by atoms with Gasteiger partial charge in [-0.25, -0.2) is 9.59 Å². The monoisotopic (exact) mass is 245 g/mol. The van der Waals surface area contributed by atoms with Crippen molar-refractivity contribution in [1.82, 2.24) is 5.32 Å². The number of nitrogens with one attached hydrogen (secondary N) is 1. The summed E-state index contributed by atoms with van der Waals surface area (Å²) in [7, 11) is 1.20. The van der Waals surface area contributed by atoms with Crippen LogP contribution in [0.2, 0.25) is 0 Å². The number of hydrogen-bond donors (Lipinski definition) is 2. The van der Waals surface area contributed by atoms with Crippen molar-refractivity contribution in [3.63, 3.8) is 0 Å². The zero-order chi connectivity index (χ0) is 13.3. The number of methoxy groups -OCH3 is 1. The van der Waals surface area contributed by atoms with E-state index in [0.29, 0.717) is 0 Å². The van der Waals surface area contributed by atoms with E-state index in [-0.39, 0.29) is 13.0 Å². The molecule has 0 bridgehead atoms. The van der Waals surface area contributed by atoms with Crippen molar-refractivity contribution in [3.05, 3.63) is 0 Å². The molecule has 1 aliphatic rings. The smallest absolute Gasteiger partial charge is 0.338 e. The summed E-state index contributed by atoms with van der Waals surface area (Å²) in [5.41, 5.74) is -2.28. The number of carbonyl (C=O) groups excluding carboxylic acids is 2. The van der Waals surface area contributed by atoms with E-state index in [4.69, 9.17) is 4.74 Å². The van der Waals surface area contributed by atoms with Gasteiger partial charge in [-0.3, -0.25) is 5.32 Å². The second-order valence-electron chi connectivity index (χ2n) is 5.14. The molecule has 1 rings (SSSR count). The lowest BCUT2D eigenvalue weighted by Gasteiger charge is -2.28. The molecular formula is C11H19NO5. The molecule has 0 spiro atoms. The number of esters is 2. The Morgan fingerprint density at radius 1 is 1.35 bits per heavy atom. The van der Waals surface area contributed by atoms with Gasteiger partial charge in [-0.2, -0.15) is 0 Å². The lowest BCUT2D eigenvalue weighted by molar-refractivity contribution is -0.172. The van der Waals surface area contributed by atoms with E-state index in [1.54, 1.807) is 20.8 Å². The molecule has 0 aliphatic carbocycles. The third kappa shape index (κ3) is 2.95. The van der Waals surface area contributed by atoms with Gasteiger partial charge in [-0.1, -0.05) is 0 Å². The largest absolute Gasteiger partial charge is 0.467 e. The first-order valence-electron chi connectivity index (χ1n) is 5.46. The Morgan fingerprint density at radius 3 is 2.29 bits per heavy atom. The number of carbonyl (C=O) groups is 2. The van der Waals surface area contributed by atoms with Gasteiger partial charge in [0, 0.05) is 13.0 Å². The summed E-state index contributed by atoms with van der Waals surface area (Å²) in [4.78, 5) is 23.7. The predicted molar refractivity (Wildman–Crippen MR) is 59.2 cm³/mol. The molecule has 2 N–H and O–H groups in total. The molecule has 2 atom stereocenters. The van der Waals surface area contributed by atoms with Gasteiger partial charge in [0.1, 0.15) is 5.60 Å². The van der Waals surface area contributed by atoms with Crippen LogP contribution in [0, 0.1) is 0 Å². The Balaban J connectivity index is 2.92. The van der Waals surface area contributed by atoms with Crippen LogP contribution in [0.5, 0.6) is 0 Å². The second kappa shape index (κ2) is 4.62. The van der Waals surface area contributed by atoms with Gasteiger partial charge in [0.15, 0.2) is 0 Å². The predicted octanol–water partition coefficient (Wildman–Crippen LogP) is -0.406. The highest BCUT2D eigenvalue weighted by Gasteiger charge is 2.54. The fraction of sp³-hybridized carbons (Fsp3) is 0.818. The van der Waals surface area contributed by atoms with Gasteiger partial charge < -0.3 is 14.6 Å². The SMILES string of the molecule is COC(=O)C1(C(=O)OC(C)(C)C)CC(O)CN1. The molecule has 0 amide bonds. The van der Waals surface area contributed by atoms with Crippen LogP contribution in [0.4, 0.5) is 0 Å². The van der Waals surface area contributed by atoms with Crippen molar-refractivity contribution in [1.29, 1.82) is 0 Å². The van der Waals surface area contributed by atoms with Gasteiger partial charge >= 0.3 is 11.9 Å². The maximum atomic E-state index is 12.0. The molecular weight excluding hydrogens is 226 g/mol. The molecule has 1 saturated heterocycles. The van der Waals surface area contributed by atoms with Crippen LogP contribution in [0.3, 0.4) is 0 Å². The third-order valence-electron chi connectivity index (χ3n) is 2.46. The van der Waals surface area contributed by atoms with Gasteiger partial charge in [-0.15, -0.1) is 0 Å². The van der Waals surface area contributed by atoms with Gasteiger partial charge in [-0.05, 0) is 20.8 Å². The molecule has 2 unspecified atom stereocenters. The van der Waals surface area contributed by atoms with E-state index in [0.717, 1.165) is 0 Å². The van der Waals surface area contributed by atoms with Crippen LogP contribution in [-0.2, 0) is 19.1 Å². The summed E-state index contributed by atoms with van der Waals surface area (Å²) in [6.07, 6.45) is -0.796. The van der Waals surface area contributed by atoms with Crippen molar-refractivity contribution in [3.8, 4) is 0 Å². The zero-order valence-corrected chi connectivity index (χ0v) is 10.6. The second-order valence-corrected chi connectivity index (χ2v) is 5.14. The highest BCUT2D eigenvalue weighted by Crippen LogP contribution is 2.25. The van der Waals surface area contributed by atoms with Crippen LogP contribution < -0.4 is 5.32 Å². The number of aliphatic hydroxyl groups excluding tert-OH is 1. The molecule has 6 heteroatoms. The molecule has 17 heavy (non-hydrogen) atoms. The third-order valence-corrected chi connectivity index (χ3v) is 2.46. The molecule has 6 nitrogen and oxygen atoms in total. The standard InChI is InChI=1S/C11H19NO5/c1-10(2,3)17-9(15)11(8(14)16-4)5-7(13)6-12-11/h7,12-13H,5-6H2,1-4H3. The number of β-amino-alcohol motifs (C(OH)–C–C–N with tert-alkyl or cyclic N) is 1. The minimum absolute atomic E-state index is 0.0331. The summed E-state index contributed by atoms with van der Waals surface area (Å²) < 4.78 is 9.79. The van der Waals surface area contributed by atoms with Crippen molar-refractivity contribution < 1.29 is 24.2 Å². The van der Waals surface area contributed by atoms with Gasteiger partial charge in [0.05, 0.1) is 13.2 Å². The van der Waals surface area contributed by atoms with E-state index in [1.807, 2.05) is 0 Å². The van der Waals surface area contributed by atoms with Crippen LogP contribution in [-0.4, -0.2) is 47.9 Å². The topological polar surface area (TPSA) is 84.9 Å². The number of rotatable bonds is 2. The van der Waals surface area contributed by atoms with Crippen molar-refractivity contribution in [2.24, 2.45) is 0 Å². The van der Waals surface area contributed by atoms with E-state index >= 15 is 0 Å². The number of aliphatic hydroxyl groups is 1. The summed E-state index contributed by atoms with van der Waals surface area (Å²) in [5, 5.41) is 12.2. The maximum absolute atomic E-state index is 12.0. The van der Waals surface area contributed by atoms with E-state index < -0.39 is 29.2 Å². The highest BCUT2D eigenvalue weighted by atomic mass is 16.6. The van der Waals surface area contributed by atoms with Crippen LogP contribution in [0.1, 0.15) is 27.2 Å². The first-order chi connectivity index (χ1) is 7.71. The summed E-state index contributed by atoms with van der Waals surface area (Å²) in [6, 6.07) is 0. The van der Waals surface area contributed by atoms with Gasteiger partial charge in [0.2, 0.25) is 5.54 Å². The lowest BCUT2D eigenvalue weighted by Crippen LogP contribution is -2.57. The van der Waals surface area contributed by atoms with Crippen molar-refractivity contribution in [2.45, 2.75) is 44.4 Å². The Kier molecular flexibility index (Phi) is 3.78. The summed E-state index contributed by atoms with van der Waals surface area (Å²) >= 11 is 0. The molecule has 0 aromatic carbocycles. The zero-order valence-electron chi connectivity index (χ0n) is 10.6. The Hall–Kier alpha value is -1.14. The number of ether oxygens (including phenoxy) is 2. The number of hydrogen-bond acceptors (Lipinski definition) is 6. The van der Waals surface area contributed by atoms with E-state index in [2.05, 4.69) is 10.1 Å². The Bertz CT molecular complexity index is 322. The van der Waals surface area contributed by atoms with Crippen molar-refractivity contribution >= 4 is 11.9 Å². The fourth-order valence-electron chi connectivity index (χ4n) is 1.72. The average Bonchev–Trinajstić information content (AvgIpc) is 2.58. The lowest BCUT2D eigenvalue weighted by atomic mass is 9.96. The average molecular weight is 245 g/mol. The van der Waals surface area contributed by atoms with Gasteiger partial charge in [0.25, 0.3) is 0 Å². The highest BCUT2D eigenvalue weighted by molar-refractivity contribution is 6.05. The minimum Gasteiger partial charge on any atom is -0.467 e. The molecule has 1 heterocycles. The van der Waals surface area contributed by atoms with E-state index in [9.17, 15) is 14.7 Å². The minimum atomic E-state index is -1.58. The maximum Gasteiger partial charge on any atom is 0.338 e. The first-order valence-corrected chi connectivity index (χ1v) is 5.46. The normalized spacial score (nSPS) is 28.9. The quantitative estimate of drug-likeness (QED) is 0.508. The van der Waals surface area contributed by atoms with Crippen LogP contribution in [0.25, 0.3) is 0 Å². The molecule has 98 valence electrons. The summed E-state index contributed by atoms with van der Waals surface area (Å²) in [5.74, 6) is -1.45. The summed E-state index contributed by atoms with van der Waals surface area (Å²) in [6.45, 7) is 5.29. The molecule has 1 fully saturated rings. The van der Waals surface area contributed by atoms with E-state index in [1.165, 1.54) is 7.11 Å².